The fraction of sp³-hybridized carbons (Fsp3) is 0.421. The fourth-order valence-electron chi connectivity index (χ4n) is 2.92. The van der Waals surface area contributed by atoms with Gasteiger partial charge in [-0.25, -0.2) is 4.79 Å². The van der Waals surface area contributed by atoms with E-state index in [4.69, 9.17) is 5.11 Å². The molecule has 1 heterocycles. The van der Waals surface area contributed by atoms with Crippen LogP contribution in [0.15, 0.2) is 18.2 Å². The third kappa shape index (κ3) is 4.84. The molecule has 7 nitrogen and oxygen atoms in total. The summed E-state index contributed by atoms with van der Waals surface area (Å²) in [4.78, 5) is 38.5. The van der Waals surface area contributed by atoms with Crippen molar-refractivity contribution in [2.45, 2.75) is 40.2 Å². The van der Waals surface area contributed by atoms with Crippen LogP contribution in [0, 0.1) is 19.8 Å². The monoisotopic (exact) mass is 359 g/mol. The first-order valence-electron chi connectivity index (χ1n) is 8.57. The number of carbonyl (C=O) groups is 3. The zero-order chi connectivity index (χ0) is 19.4. The summed E-state index contributed by atoms with van der Waals surface area (Å²) in [6.07, 6.45) is 0.329. The van der Waals surface area contributed by atoms with Gasteiger partial charge in [-0.2, -0.15) is 0 Å². The number of carboxylic acids is 1. The fourth-order valence-corrected chi connectivity index (χ4v) is 2.92. The molecule has 1 aromatic carbocycles. The van der Waals surface area contributed by atoms with Crippen LogP contribution in [0.25, 0.3) is 10.9 Å². The van der Waals surface area contributed by atoms with Crippen molar-refractivity contribution in [3.63, 3.8) is 0 Å². The van der Waals surface area contributed by atoms with Crippen LogP contribution in [0.3, 0.4) is 0 Å². The summed E-state index contributed by atoms with van der Waals surface area (Å²) in [5, 5.41) is 15.1. The van der Waals surface area contributed by atoms with Gasteiger partial charge in [0.25, 0.3) is 5.91 Å². The number of carbonyl (C=O) groups excluding carboxylic acids is 2. The van der Waals surface area contributed by atoms with Crippen LogP contribution < -0.4 is 10.6 Å². The minimum absolute atomic E-state index is 0.129. The van der Waals surface area contributed by atoms with Crippen molar-refractivity contribution >= 4 is 28.7 Å². The van der Waals surface area contributed by atoms with Gasteiger partial charge >= 0.3 is 5.97 Å². The van der Waals surface area contributed by atoms with Crippen molar-refractivity contribution in [2.24, 2.45) is 5.92 Å². The van der Waals surface area contributed by atoms with E-state index in [0.717, 1.165) is 22.0 Å². The van der Waals surface area contributed by atoms with Gasteiger partial charge in [0.2, 0.25) is 5.91 Å². The predicted octanol–water partition coefficient (Wildman–Crippen LogP) is 2.13. The zero-order valence-electron chi connectivity index (χ0n) is 15.5. The van der Waals surface area contributed by atoms with Crippen LogP contribution in [0.4, 0.5) is 0 Å². The highest BCUT2D eigenvalue weighted by molar-refractivity contribution is 6.00. The number of carboxylic acid groups (broad SMARTS) is 1. The number of aliphatic carboxylic acids is 1. The molecule has 140 valence electrons. The van der Waals surface area contributed by atoms with Gasteiger partial charge in [0, 0.05) is 10.9 Å². The maximum Gasteiger partial charge on any atom is 0.326 e. The molecule has 0 radical (unpaired) electrons. The molecule has 2 aromatic rings. The second-order valence-electron chi connectivity index (χ2n) is 7.00. The number of benzene rings is 1. The number of nitrogens with one attached hydrogen (secondary N) is 3. The Labute approximate surface area is 152 Å². The first-order chi connectivity index (χ1) is 12.2. The van der Waals surface area contributed by atoms with Gasteiger partial charge in [-0.1, -0.05) is 19.9 Å². The van der Waals surface area contributed by atoms with Crippen molar-refractivity contribution in [2.75, 3.05) is 6.54 Å². The minimum atomic E-state index is -1.08. The van der Waals surface area contributed by atoms with E-state index in [2.05, 4.69) is 15.6 Å². The van der Waals surface area contributed by atoms with E-state index in [1.807, 2.05) is 39.8 Å². The molecule has 0 saturated heterocycles. The molecule has 7 heteroatoms. The lowest BCUT2D eigenvalue weighted by Crippen LogP contribution is -2.46. The van der Waals surface area contributed by atoms with Crippen LogP contribution in [0.5, 0.6) is 0 Å². The van der Waals surface area contributed by atoms with Crippen LogP contribution in [0.2, 0.25) is 0 Å². The lowest BCUT2D eigenvalue weighted by Gasteiger charge is -2.16. The van der Waals surface area contributed by atoms with E-state index >= 15 is 0 Å². The van der Waals surface area contributed by atoms with E-state index in [9.17, 15) is 14.4 Å². The standard InChI is InChI=1S/C19H25N3O4/c1-10(2)5-16(19(25)26)22-17(23)9-20-18(24)15-8-13-12(4)6-11(3)7-14(13)21-15/h6-8,10,16,21H,5,9H2,1-4H3,(H,20,24)(H,22,23)(H,25,26)/t16-/m0/s1. The van der Waals surface area contributed by atoms with E-state index in [0.29, 0.717) is 12.1 Å². The van der Waals surface area contributed by atoms with Gasteiger partial charge in [-0.3, -0.25) is 9.59 Å². The summed E-state index contributed by atoms with van der Waals surface area (Å²) in [7, 11) is 0. The number of fused-ring (bicyclic) bond motifs is 1. The van der Waals surface area contributed by atoms with Crippen molar-refractivity contribution in [1.82, 2.24) is 15.6 Å². The lowest BCUT2D eigenvalue weighted by atomic mass is 10.0. The van der Waals surface area contributed by atoms with Crippen molar-refractivity contribution in [1.29, 1.82) is 0 Å². The zero-order valence-corrected chi connectivity index (χ0v) is 15.5. The summed E-state index contributed by atoms with van der Waals surface area (Å²) in [6.45, 7) is 7.42. The molecule has 1 aromatic heterocycles. The SMILES string of the molecule is Cc1cc(C)c2cc(C(=O)NCC(=O)N[C@@H](CC(C)C)C(=O)O)[nH]c2c1. The highest BCUT2D eigenvalue weighted by Crippen LogP contribution is 2.21. The number of aryl methyl sites for hydroxylation is 2. The van der Waals surface area contributed by atoms with Crippen molar-refractivity contribution in [3.05, 3.63) is 35.0 Å². The molecule has 0 spiro atoms. The highest BCUT2D eigenvalue weighted by Gasteiger charge is 2.21. The average molecular weight is 359 g/mol. The largest absolute Gasteiger partial charge is 0.480 e. The Balaban J connectivity index is 1.98. The summed E-state index contributed by atoms with van der Waals surface area (Å²) in [5.74, 6) is -1.90. The van der Waals surface area contributed by atoms with Crippen molar-refractivity contribution < 1.29 is 19.5 Å². The molecule has 0 aliphatic rings. The predicted molar refractivity (Wildman–Crippen MR) is 99.1 cm³/mol. The van der Waals surface area contributed by atoms with E-state index in [1.165, 1.54) is 0 Å². The van der Waals surface area contributed by atoms with Crippen LogP contribution in [-0.4, -0.2) is 40.5 Å². The molecule has 0 aliphatic heterocycles. The van der Waals surface area contributed by atoms with Gasteiger partial charge in [-0.05, 0) is 49.4 Å². The minimum Gasteiger partial charge on any atom is -0.480 e. The maximum atomic E-state index is 12.3. The molecule has 0 saturated carbocycles. The second-order valence-corrected chi connectivity index (χ2v) is 7.00. The summed E-state index contributed by atoms with van der Waals surface area (Å²) in [5.41, 5.74) is 3.37. The molecule has 0 aliphatic carbocycles. The maximum absolute atomic E-state index is 12.3. The molecule has 1 atom stereocenters. The van der Waals surface area contributed by atoms with Gasteiger partial charge in [0.15, 0.2) is 0 Å². The number of hydrogen-bond acceptors (Lipinski definition) is 3. The quantitative estimate of drug-likeness (QED) is 0.607. The molecule has 4 N–H and O–H groups in total. The number of rotatable bonds is 7. The molecule has 0 unspecified atom stereocenters. The number of hydrogen-bond donors (Lipinski definition) is 4. The molecule has 0 bridgehead atoms. The topological polar surface area (TPSA) is 111 Å². The highest BCUT2D eigenvalue weighted by atomic mass is 16.4. The lowest BCUT2D eigenvalue weighted by molar-refractivity contribution is -0.142. The van der Waals surface area contributed by atoms with Crippen LogP contribution >= 0.6 is 0 Å². The van der Waals surface area contributed by atoms with Gasteiger partial charge in [0.05, 0.1) is 6.54 Å². The Morgan fingerprint density at radius 3 is 2.46 bits per heavy atom. The molecular formula is C19H25N3O4. The number of H-pyrrole nitrogens is 1. The number of aromatic nitrogens is 1. The summed E-state index contributed by atoms with van der Waals surface area (Å²) < 4.78 is 0. The average Bonchev–Trinajstić information content (AvgIpc) is 2.95. The van der Waals surface area contributed by atoms with Gasteiger partial charge < -0.3 is 20.7 Å². The smallest absolute Gasteiger partial charge is 0.326 e. The van der Waals surface area contributed by atoms with Crippen molar-refractivity contribution in [3.8, 4) is 0 Å². The summed E-state index contributed by atoms with van der Waals surface area (Å²) >= 11 is 0. The Bertz CT molecular complexity index is 839. The van der Waals surface area contributed by atoms with E-state index < -0.39 is 23.8 Å². The molecule has 0 fully saturated rings. The Morgan fingerprint density at radius 1 is 1.15 bits per heavy atom. The van der Waals surface area contributed by atoms with Gasteiger partial charge in [-0.15, -0.1) is 0 Å². The normalized spacial score (nSPS) is 12.2. The first kappa shape index (κ1) is 19.5. The van der Waals surface area contributed by atoms with E-state index in [-0.39, 0.29) is 12.5 Å². The third-order valence-electron chi connectivity index (χ3n) is 4.08. The third-order valence-corrected chi connectivity index (χ3v) is 4.08. The van der Waals surface area contributed by atoms with Crippen LogP contribution in [0.1, 0.15) is 41.9 Å². The number of amides is 2. The Kier molecular flexibility index (Phi) is 6.02. The van der Waals surface area contributed by atoms with Crippen LogP contribution in [-0.2, 0) is 9.59 Å². The van der Waals surface area contributed by atoms with Gasteiger partial charge in [0.1, 0.15) is 11.7 Å². The molecule has 2 amide bonds. The summed E-state index contributed by atoms with van der Waals surface area (Å²) in [6, 6.07) is 4.77. The first-order valence-corrected chi connectivity index (χ1v) is 8.57. The molecule has 26 heavy (non-hydrogen) atoms. The Hall–Kier alpha value is -2.83. The second kappa shape index (κ2) is 8.03. The Morgan fingerprint density at radius 2 is 1.85 bits per heavy atom. The van der Waals surface area contributed by atoms with E-state index in [1.54, 1.807) is 6.07 Å². The molecular weight excluding hydrogens is 334 g/mol. The molecule has 2 rings (SSSR count). The number of aromatic amines is 1.